The van der Waals surface area contributed by atoms with Crippen molar-refractivity contribution < 1.29 is 0 Å². The molecular weight excluding hydrogens is 693 g/mol. The van der Waals surface area contributed by atoms with Crippen molar-refractivity contribution in [2.24, 2.45) is 11.8 Å². The highest BCUT2D eigenvalue weighted by atomic mass is 15.0. The topological polar surface area (TPSA) is 43.6 Å². The lowest BCUT2D eigenvalue weighted by molar-refractivity contribution is 0.297. The van der Waals surface area contributed by atoms with Crippen molar-refractivity contribution in [3.8, 4) is 39.9 Å². The molecule has 0 bridgehead atoms. The minimum Gasteiger partial charge on any atom is -0.309 e. The summed E-state index contributed by atoms with van der Waals surface area (Å²) in [6.07, 6.45) is 7.10. The van der Waals surface area contributed by atoms with Gasteiger partial charge in [-0.2, -0.15) is 0 Å². The molecule has 2 atom stereocenters. The lowest BCUT2D eigenvalue weighted by Gasteiger charge is -2.45. The van der Waals surface area contributed by atoms with Crippen LogP contribution in [0.15, 0.2) is 200 Å². The van der Waals surface area contributed by atoms with Gasteiger partial charge in [0, 0.05) is 33.2 Å². The zero-order chi connectivity index (χ0) is 38.2. The first-order chi connectivity index (χ1) is 28.2. The van der Waals surface area contributed by atoms with Crippen LogP contribution in [0.1, 0.15) is 36.5 Å². The summed E-state index contributed by atoms with van der Waals surface area (Å²) in [6.45, 7) is 2.41. The van der Waals surface area contributed by atoms with E-state index in [4.69, 9.17) is 15.0 Å². The highest BCUT2D eigenvalue weighted by Crippen LogP contribution is 2.51. The van der Waals surface area contributed by atoms with Crippen LogP contribution in [0, 0.1) is 11.8 Å². The summed E-state index contributed by atoms with van der Waals surface area (Å²) < 4.78 is 2.34. The van der Waals surface area contributed by atoms with Gasteiger partial charge in [0.25, 0.3) is 0 Å². The first-order valence-corrected chi connectivity index (χ1v) is 20.0. The number of hydrogen-bond acceptors (Lipinski definition) is 3. The van der Waals surface area contributed by atoms with E-state index in [1.807, 2.05) is 18.2 Å². The fraction of sp³-hybridized carbons (Fsp3) is 0.113. The average molecular weight is 735 g/mol. The molecule has 4 heteroatoms. The molecule has 2 aromatic heterocycles. The van der Waals surface area contributed by atoms with E-state index in [2.05, 4.69) is 194 Å². The molecule has 1 aliphatic rings. The van der Waals surface area contributed by atoms with E-state index < -0.39 is 5.41 Å². The molecule has 1 aliphatic carbocycles. The minimum absolute atomic E-state index is 0.241. The zero-order valence-corrected chi connectivity index (χ0v) is 31.9. The minimum atomic E-state index is -0.439. The average Bonchev–Trinajstić information content (AvgIpc) is 3.62. The van der Waals surface area contributed by atoms with Gasteiger partial charge in [0.1, 0.15) is 0 Å². The number of hydrogen-bond donors (Lipinski definition) is 0. The first kappa shape index (κ1) is 34.6. The molecule has 0 saturated carbocycles. The van der Waals surface area contributed by atoms with Gasteiger partial charge in [-0.05, 0) is 83.8 Å². The van der Waals surface area contributed by atoms with Crippen molar-refractivity contribution in [2.75, 3.05) is 0 Å². The Bertz CT molecular complexity index is 2820. The smallest absolute Gasteiger partial charge is 0.164 e. The van der Waals surface area contributed by atoms with Gasteiger partial charge >= 0.3 is 0 Å². The Morgan fingerprint density at radius 2 is 1.00 bits per heavy atom. The molecule has 0 radical (unpaired) electrons. The molecule has 4 nitrogen and oxygen atoms in total. The van der Waals surface area contributed by atoms with Gasteiger partial charge in [-0.1, -0.05) is 165 Å². The third-order valence-corrected chi connectivity index (χ3v) is 11.9. The van der Waals surface area contributed by atoms with Gasteiger partial charge in [-0.3, -0.25) is 0 Å². The molecule has 0 N–H and O–H groups in total. The van der Waals surface area contributed by atoms with E-state index >= 15 is 0 Å². The van der Waals surface area contributed by atoms with Crippen LogP contribution < -0.4 is 0 Å². The van der Waals surface area contributed by atoms with Crippen molar-refractivity contribution >= 4 is 21.8 Å². The molecule has 2 heterocycles. The Hall–Kier alpha value is -6.91. The van der Waals surface area contributed by atoms with E-state index in [-0.39, 0.29) is 5.92 Å². The van der Waals surface area contributed by atoms with Gasteiger partial charge in [0.15, 0.2) is 17.5 Å². The summed E-state index contributed by atoms with van der Waals surface area (Å²) >= 11 is 0. The largest absolute Gasteiger partial charge is 0.309 e. The molecule has 7 aromatic carbocycles. The summed E-state index contributed by atoms with van der Waals surface area (Å²) in [5.74, 6) is 2.65. The molecule has 10 rings (SSSR count). The third kappa shape index (κ3) is 6.05. The lowest BCUT2D eigenvalue weighted by atomic mass is 9.57. The molecule has 0 fully saturated rings. The standard InChI is InChI=1S/C53H42N4/c1-37-19-14-16-31-47(37)53(41-23-8-3-9-24-41,42-25-10-4-11-26-42)43-27-18-22-39(35-43)51-54-50(38-20-6-2-7-21-38)55-52(56-51)40-33-34-49-46(36-40)45-30-15-17-32-48(45)57(49)44-28-12-5-13-29-44/h2-13,15-18,20-37,47H,14,19H2,1H3. The second-order valence-electron chi connectivity index (χ2n) is 15.2. The quantitative estimate of drug-likeness (QED) is 0.115. The Morgan fingerprint density at radius 1 is 0.474 bits per heavy atom. The van der Waals surface area contributed by atoms with E-state index in [1.54, 1.807) is 0 Å². The molecule has 9 aromatic rings. The fourth-order valence-corrected chi connectivity index (χ4v) is 9.24. The van der Waals surface area contributed by atoms with Crippen LogP contribution in [0.2, 0.25) is 0 Å². The number of para-hydroxylation sites is 2. The normalized spacial score (nSPS) is 15.6. The Morgan fingerprint density at radius 3 is 1.67 bits per heavy atom. The molecule has 2 unspecified atom stereocenters. The maximum absolute atomic E-state index is 5.30. The number of aromatic nitrogens is 4. The van der Waals surface area contributed by atoms with Crippen molar-refractivity contribution in [3.63, 3.8) is 0 Å². The monoisotopic (exact) mass is 734 g/mol. The van der Waals surface area contributed by atoms with E-state index in [0.29, 0.717) is 23.4 Å². The molecule has 0 aliphatic heterocycles. The second-order valence-corrected chi connectivity index (χ2v) is 15.2. The number of nitrogens with zero attached hydrogens (tertiary/aromatic N) is 4. The Kier molecular flexibility index (Phi) is 8.87. The van der Waals surface area contributed by atoms with E-state index in [9.17, 15) is 0 Å². The van der Waals surface area contributed by atoms with E-state index in [0.717, 1.165) is 51.6 Å². The van der Waals surface area contributed by atoms with E-state index in [1.165, 1.54) is 22.1 Å². The van der Waals surface area contributed by atoms with Crippen molar-refractivity contribution in [2.45, 2.75) is 25.2 Å². The number of rotatable bonds is 8. The summed E-state index contributed by atoms with van der Waals surface area (Å²) in [7, 11) is 0. The number of fused-ring (bicyclic) bond motifs is 3. The van der Waals surface area contributed by atoms with Crippen LogP contribution >= 0.6 is 0 Å². The molecule has 0 saturated heterocycles. The van der Waals surface area contributed by atoms with Gasteiger partial charge in [0.2, 0.25) is 0 Å². The summed E-state index contributed by atoms with van der Waals surface area (Å²) in [5, 5.41) is 2.34. The molecule has 57 heavy (non-hydrogen) atoms. The van der Waals surface area contributed by atoms with Crippen molar-refractivity contribution in [1.29, 1.82) is 0 Å². The van der Waals surface area contributed by atoms with Gasteiger partial charge in [-0.15, -0.1) is 0 Å². The summed E-state index contributed by atoms with van der Waals surface area (Å²) in [5.41, 5.74) is 9.62. The third-order valence-electron chi connectivity index (χ3n) is 11.9. The second kappa shape index (κ2) is 14.6. The molecule has 274 valence electrons. The Balaban J connectivity index is 1.18. The van der Waals surface area contributed by atoms with Crippen molar-refractivity contribution in [1.82, 2.24) is 19.5 Å². The molecular formula is C53H42N4. The van der Waals surface area contributed by atoms with Gasteiger partial charge in [-0.25, -0.2) is 15.0 Å². The van der Waals surface area contributed by atoms with Crippen LogP contribution in [0.25, 0.3) is 61.7 Å². The summed E-state index contributed by atoms with van der Waals surface area (Å²) in [6, 6.07) is 67.1. The Labute approximate surface area is 333 Å². The predicted octanol–water partition coefficient (Wildman–Crippen LogP) is 12.9. The maximum atomic E-state index is 5.30. The highest BCUT2D eigenvalue weighted by Gasteiger charge is 2.45. The molecule has 0 amide bonds. The predicted molar refractivity (Wildman–Crippen MR) is 234 cm³/mol. The van der Waals surface area contributed by atoms with Crippen LogP contribution in [0.4, 0.5) is 0 Å². The van der Waals surface area contributed by atoms with Gasteiger partial charge < -0.3 is 4.57 Å². The van der Waals surface area contributed by atoms with Crippen LogP contribution in [-0.4, -0.2) is 19.5 Å². The van der Waals surface area contributed by atoms with Gasteiger partial charge in [0.05, 0.1) is 16.4 Å². The maximum Gasteiger partial charge on any atom is 0.164 e. The molecule has 0 spiro atoms. The lowest BCUT2D eigenvalue weighted by Crippen LogP contribution is -2.41. The van der Waals surface area contributed by atoms with Crippen LogP contribution in [0.5, 0.6) is 0 Å². The van der Waals surface area contributed by atoms with Crippen LogP contribution in [-0.2, 0) is 5.41 Å². The number of benzene rings is 7. The van der Waals surface area contributed by atoms with Crippen molar-refractivity contribution in [3.05, 3.63) is 217 Å². The number of allylic oxidation sites excluding steroid dienone is 2. The fourth-order valence-electron chi connectivity index (χ4n) is 9.24. The van der Waals surface area contributed by atoms with Crippen LogP contribution in [0.3, 0.4) is 0 Å². The SMILES string of the molecule is CC1CCC=CC1C(c1ccccc1)(c1ccccc1)c1cccc(-c2nc(-c3ccccc3)nc(-c3ccc4c(c3)c3ccccc3n4-c3ccccc3)n2)c1. The summed E-state index contributed by atoms with van der Waals surface area (Å²) in [4.78, 5) is 15.7. The first-order valence-electron chi connectivity index (χ1n) is 20.0. The zero-order valence-electron chi connectivity index (χ0n) is 31.9. The highest BCUT2D eigenvalue weighted by molar-refractivity contribution is 6.10.